The number of thiocarbonyl (C=S) groups is 1. The van der Waals surface area contributed by atoms with E-state index in [4.69, 9.17) is 17.0 Å². The molecule has 0 spiro atoms. The van der Waals surface area contributed by atoms with Crippen molar-refractivity contribution in [1.29, 1.82) is 0 Å². The van der Waals surface area contributed by atoms with Crippen LogP contribution in [0.3, 0.4) is 0 Å². The smallest absolute Gasteiger partial charge is 0.341 e. The van der Waals surface area contributed by atoms with Crippen molar-refractivity contribution in [1.82, 2.24) is 0 Å². The highest BCUT2D eigenvalue weighted by Gasteiger charge is 2.31. The number of ether oxygens (including phenoxy) is 1. The van der Waals surface area contributed by atoms with Gasteiger partial charge in [0.1, 0.15) is 5.00 Å². The van der Waals surface area contributed by atoms with E-state index in [0.717, 1.165) is 10.4 Å². The van der Waals surface area contributed by atoms with Crippen LogP contribution in [0, 0.1) is 0 Å². The SMILES string of the molecule is CCOC(=O)c1cc(-c2ccccc2)sc1NC(=S)Nc1cccc2c1C(=O)c1ccccc1C2=O. The van der Waals surface area contributed by atoms with Crippen molar-refractivity contribution in [3.8, 4) is 10.4 Å². The van der Waals surface area contributed by atoms with Crippen LogP contribution in [0.5, 0.6) is 0 Å². The Bertz CT molecular complexity index is 1530. The molecule has 0 saturated heterocycles. The Morgan fingerprint density at radius 3 is 2.25 bits per heavy atom. The summed E-state index contributed by atoms with van der Waals surface area (Å²) in [6.07, 6.45) is 0. The molecule has 0 amide bonds. The Hall–Kier alpha value is -4.14. The summed E-state index contributed by atoms with van der Waals surface area (Å²) < 4.78 is 5.23. The topological polar surface area (TPSA) is 84.5 Å². The number of esters is 1. The Morgan fingerprint density at radius 1 is 0.861 bits per heavy atom. The number of carbonyl (C=O) groups excluding carboxylic acids is 3. The van der Waals surface area contributed by atoms with E-state index in [1.54, 1.807) is 55.5 Å². The number of hydrogen-bond acceptors (Lipinski definition) is 6. The maximum Gasteiger partial charge on any atom is 0.341 e. The van der Waals surface area contributed by atoms with Crippen LogP contribution < -0.4 is 10.6 Å². The summed E-state index contributed by atoms with van der Waals surface area (Å²) in [6.45, 7) is 1.99. The minimum atomic E-state index is -0.462. The lowest BCUT2D eigenvalue weighted by Gasteiger charge is -2.21. The molecule has 1 aliphatic rings. The summed E-state index contributed by atoms with van der Waals surface area (Å²) in [4.78, 5) is 39.8. The van der Waals surface area contributed by atoms with Crippen LogP contribution >= 0.6 is 23.6 Å². The third-order valence-corrected chi connectivity index (χ3v) is 7.02. The van der Waals surface area contributed by atoms with Crippen LogP contribution in [0.15, 0.2) is 78.9 Å². The molecule has 5 rings (SSSR count). The van der Waals surface area contributed by atoms with Gasteiger partial charge in [0.05, 0.1) is 23.4 Å². The van der Waals surface area contributed by atoms with Crippen molar-refractivity contribution in [2.45, 2.75) is 6.92 Å². The molecule has 2 N–H and O–H groups in total. The average Bonchev–Trinajstić information content (AvgIpc) is 3.31. The number of carbonyl (C=O) groups is 3. The first-order valence-electron chi connectivity index (χ1n) is 11.2. The molecule has 0 unspecified atom stereocenters. The van der Waals surface area contributed by atoms with E-state index < -0.39 is 5.97 Å². The molecular weight excluding hydrogens is 492 g/mol. The quantitative estimate of drug-likeness (QED) is 0.215. The monoisotopic (exact) mass is 512 g/mol. The largest absolute Gasteiger partial charge is 0.462 e. The van der Waals surface area contributed by atoms with Gasteiger partial charge in [-0.15, -0.1) is 11.3 Å². The third-order valence-electron chi connectivity index (χ3n) is 5.71. The molecule has 0 radical (unpaired) electrons. The van der Waals surface area contributed by atoms with Gasteiger partial charge in [-0.1, -0.05) is 66.7 Å². The number of anilines is 2. The first kappa shape index (κ1) is 23.6. The van der Waals surface area contributed by atoms with E-state index in [9.17, 15) is 14.4 Å². The van der Waals surface area contributed by atoms with Crippen LogP contribution in [-0.4, -0.2) is 29.3 Å². The van der Waals surface area contributed by atoms with Gasteiger partial charge in [-0.2, -0.15) is 0 Å². The van der Waals surface area contributed by atoms with Crippen LogP contribution in [0.2, 0.25) is 0 Å². The molecule has 3 aromatic carbocycles. The summed E-state index contributed by atoms with van der Waals surface area (Å²) in [6, 6.07) is 23.3. The van der Waals surface area contributed by atoms with E-state index in [2.05, 4.69) is 10.6 Å². The van der Waals surface area contributed by atoms with E-state index in [0.29, 0.717) is 32.9 Å². The first-order valence-corrected chi connectivity index (χ1v) is 12.5. The summed E-state index contributed by atoms with van der Waals surface area (Å²) in [5.41, 5.74) is 3.07. The van der Waals surface area contributed by atoms with Crippen molar-refractivity contribution >= 4 is 56.9 Å². The minimum Gasteiger partial charge on any atom is -0.462 e. The van der Waals surface area contributed by atoms with E-state index in [1.807, 2.05) is 30.3 Å². The maximum absolute atomic E-state index is 13.3. The van der Waals surface area contributed by atoms with Crippen molar-refractivity contribution in [2.75, 3.05) is 17.2 Å². The number of hydrogen-bond donors (Lipinski definition) is 2. The molecule has 0 aliphatic heterocycles. The van der Waals surface area contributed by atoms with Crippen molar-refractivity contribution in [3.05, 3.63) is 107 Å². The molecule has 0 fully saturated rings. The third kappa shape index (κ3) is 4.32. The Kier molecular flexibility index (Phi) is 6.45. The highest BCUT2D eigenvalue weighted by molar-refractivity contribution is 7.80. The number of fused-ring (bicyclic) bond motifs is 2. The standard InChI is InChI=1S/C28H20N2O4S2/c1-2-34-27(33)20-15-22(16-9-4-3-5-10-16)36-26(20)30-28(35)29-21-14-8-13-19-23(21)25(32)18-12-7-6-11-17(18)24(19)31/h3-15H,2H2,1H3,(H2,29,30,35). The minimum absolute atomic E-state index is 0.175. The lowest BCUT2D eigenvalue weighted by atomic mass is 9.83. The second kappa shape index (κ2) is 9.85. The van der Waals surface area contributed by atoms with Crippen LogP contribution in [0.1, 0.15) is 49.1 Å². The summed E-state index contributed by atoms with van der Waals surface area (Å²) in [7, 11) is 0. The first-order chi connectivity index (χ1) is 17.5. The zero-order valence-electron chi connectivity index (χ0n) is 19.2. The van der Waals surface area contributed by atoms with Crippen molar-refractivity contribution < 1.29 is 19.1 Å². The summed E-state index contributed by atoms with van der Waals surface area (Å²) >= 11 is 6.91. The lowest BCUT2D eigenvalue weighted by molar-refractivity contribution is 0.0528. The van der Waals surface area contributed by atoms with Gasteiger partial charge in [0.25, 0.3) is 0 Å². The second-order valence-electron chi connectivity index (χ2n) is 7.95. The van der Waals surface area contributed by atoms with Gasteiger partial charge >= 0.3 is 5.97 Å². The molecule has 1 aromatic heterocycles. The molecule has 1 aliphatic carbocycles. The zero-order chi connectivity index (χ0) is 25.2. The fraction of sp³-hybridized carbons (Fsp3) is 0.0714. The van der Waals surface area contributed by atoms with Gasteiger partial charge in [-0.3, -0.25) is 9.59 Å². The zero-order valence-corrected chi connectivity index (χ0v) is 20.8. The molecule has 4 aromatic rings. The van der Waals surface area contributed by atoms with Crippen molar-refractivity contribution in [3.63, 3.8) is 0 Å². The van der Waals surface area contributed by atoms with Crippen LogP contribution in [0.4, 0.5) is 10.7 Å². The Balaban J connectivity index is 1.45. The second-order valence-corrected chi connectivity index (χ2v) is 9.41. The molecule has 0 saturated carbocycles. The molecule has 1 heterocycles. The van der Waals surface area contributed by atoms with Crippen LogP contribution in [0.25, 0.3) is 10.4 Å². The normalized spacial score (nSPS) is 11.9. The predicted molar refractivity (Wildman–Crippen MR) is 145 cm³/mol. The van der Waals surface area contributed by atoms with E-state index >= 15 is 0 Å². The van der Waals surface area contributed by atoms with Gasteiger partial charge < -0.3 is 15.4 Å². The molecule has 36 heavy (non-hydrogen) atoms. The highest BCUT2D eigenvalue weighted by atomic mass is 32.1. The number of nitrogens with one attached hydrogen (secondary N) is 2. The van der Waals surface area contributed by atoms with Gasteiger partial charge in [0.2, 0.25) is 0 Å². The molecule has 0 atom stereocenters. The van der Waals surface area contributed by atoms with E-state index in [-0.39, 0.29) is 28.8 Å². The molecule has 8 heteroatoms. The predicted octanol–water partition coefficient (Wildman–Crippen LogP) is 6.18. The molecular formula is C28H20N2O4S2. The lowest BCUT2D eigenvalue weighted by Crippen LogP contribution is -2.25. The summed E-state index contributed by atoms with van der Waals surface area (Å²) in [5, 5.41) is 6.82. The van der Waals surface area contributed by atoms with Gasteiger partial charge in [0.15, 0.2) is 16.7 Å². The van der Waals surface area contributed by atoms with Crippen molar-refractivity contribution in [2.24, 2.45) is 0 Å². The number of rotatable bonds is 5. The average molecular weight is 513 g/mol. The van der Waals surface area contributed by atoms with Gasteiger partial charge in [0, 0.05) is 21.6 Å². The number of ketones is 2. The Labute approximate surface area is 216 Å². The van der Waals surface area contributed by atoms with E-state index in [1.165, 1.54) is 11.3 Å². The molecule has 6 nitrogen and oxygen atoms in total. The molecule has 178 valence electrons. The Morgan fingerprint density at radius 2 is 1.53 bits per heavy atom. The highest BCUT2D eigenvalue weighted by Crippen LogP contribution is 2.37. The van der Waals surface area contributed by atoms with Crippen LogP contribution in [-0.2, 0) is 4.74 Å². The number of benzene rings is 3. The number of thiophene rings is 1. The van der Waals surface area contributed by atoms with Gasteiger partial charge in [-0.05, 0) is 36.8 Å². The maximum atomic E-state index is 13.3. The van der Waals surface area contributed by atoms with Gasteiger partial charge in [-0.25, -0.2) is 4.79 Å². The fourth-order valence-corrected chi connectivity index (χ4v) is 5.43. The fourth-order valence-electron chi connectivity index (χ4n) is 4.09. The molecule has 0 bridgehead atoms. The summed E-state index contributed by atoms with van der Waals surface area (Å²) in [5.74, 6) is -0.922.